The largest absolute Gasteiger partial charge is 0.507 e. The Morgan fingerprint density at radius 2 is 1.49 bits per heavy atom. The molecule has 0 aliphatic heterocycles. The number of rotatable bonds is 5. The number of hydrogen-bond acceptors (Lipinski definition) is 4. The summed E-state index contributed by atoms with van der Waals surface area (Å²) < 4.78 is 31.6. The van der Waals surface area contributed by atoms with E-state index in [0.717, 1.165) is 72.2 Å². The van der Waals surface area contributed by atoms with E-state index >= 15 is 0 Å². The number of imidazole rings is 1. The van der Waals surface area contributed by atoms with Crippen LogP contribution in [0.2, 0.25) is 0 Å². The van der Waals surface area contributed by atoms with Crippen LogP contribution >= 0.6 is 0 Å². The molecule has 6 heteroatoms. The van der Waals surface area contributed by atoms with Crippen molar-refractivity contribution in [3.05, 3.63) is 157 Å². The van der Waals surface area contributed by atoms with Crippen molar-refractivity contribution in [2.75, 3.05) is 0 Å². The van der Waals surface area contributed by atoms with Crippen molar-refractivity contribution in [3.63, 3.8) is 0 Å². The zero-order chi connectivity index (χ0) is 38.1. The van der Waals surface area contributed by atoms with Crippen LogP contribution in [0.15, 0.2) is 144 Å². The number of nitrogens with zero attached hydrogens (tertiary/aromatic N) is 3. The van der Waals surface area contributed by atoms with Crippen LogP contribution in [0.25, 0.3) is 83.6 Å². The molecule has 6 aromatic carbocycles. The van der Waals surface area contributed by atoms with Crippen molar-refractivity contribution >= 4 is 33.0 Å². The maximum absolute atomic E-state index is 11.6. The molecule has 9 rings (SSSR count). The molecule has 53 heavy (non-hydrogen) atoms. The second-order valence-electron chi connectivity index (χ2n) is 14.2. The van der Waals surface area contributed by atoms with Gasteiger partial charge in [0, 0.05) is 53.5 Å². The third-order valence-electron chi connectivity index (χ3n) is 9.71. The van der Waals surface area contributed by atoms with Gasteiger partial charge in [-0.3, -0.25) is 9.55 Å². The number of phenols is 1. The maximum atomic E-state index is 11.6. The van der Waals surface area contributed by atoms with Crippen LogP contribution < -0.4 is 0 Å². The van der Waals surface area contributed by atoms with Gasteiger partial charge in [-0.05, 0) is 65.9 Å². The monoisotopic (exact) mass is 872 g/mol. The van der Waals surface area contributed by atoms with E-state index < -0.39 is 6.85 Å². The second kappa shape index (κ2) is 13.3. The van der Waals surface area contributed by atoms with Gasteiger partial charge in [0.25, 0.3) is 0 Å². The van der Waals surface area contributed by atoms with Gasteiger partial charge >= 0.3 is 0 Å². The molecule has 3 heterocycles. The van der Waals surface area contributed by atoms with E-state index in [1.165, 1.54) is 0 Å². The number of fused-ring (bicyclic) bond motifs is 4. The van der Waals surface area contributed by atoms with Gasteiger partial charge in [0.05, 0.1) is 16.6 Å². The van der Waals surface area contributed by atoms with Gasteiger partial charge in [-0.25, -0.2) is 4.98 Å². The number of hydrogen-bond donors (Lipinski definition) is 1. The minimum atomic E-state index is -2.16. The number of phenolic OH excluding ortho intramolecular Hbond substituents is 1. The van der Waals surface area contributed by atoms with Gasteiger partial charge in [-0.15, -0.1) is 29.3 Å². The Labute approximate surface area is 327 Å². The molecule has 1 N–H and O–H groups in total. The number of furan rings is 1. The zero-order valence-corrected chi connectivity index (χ0v) is 31.6. The second-order valence-corrected chi connectivity index (χ2v) is 14.2. The van der Waals surface area contributed by atoms with Gasteiger partial charge < -0.3 is 9.52 Å². The Morgan fingerprint density at radius 3 is 2.28 bits per heavy atom. The number of pyridine rings is 1. The van der Waals surface area contributed by atoms with Crippen molar-refractivity contribution in [1.29, 1.82) is 0 Å². The number of aryl methyl sites for hydroxylation is 1. The third-order valence-corrected chi connectivity index (χ3v) is 9.71. The topological polar surface area (TPSA) is 64.1 Å². The smallest absolute Gasteiger partial charge is 0.148 e. The molecule has 262 valence electrons. The zero-order valence-electron chi connectivity index (χ0n) is 32.3. The van der Waals surface area contributed by atoms with Crippen LogP contribution in [0.3, 0.4) is 0 Å². The summed E-state index contributed by atoms with van der Waals surface area (Å²) in [4.78, 5) is 10.1. The van der Waals surface area contributed by atoms with Gasteiger partial charge in [0.15, 0.2) is 0 Å². The first-order valence-electron chi connectivity index (χ1n) is 18.8. The molecule has 0 saturated carbocycles. The maximum Gasteiger partial charge on any atom is 0.148 e. The quantitative estimate of drug-likeness (QED) is 0.175. The number of aromatic nitrogens is 3. The minimum Gasteiger partial charge on any atom is -0.507 e. The number of aromatic hydroxyl groups is 1. The van der Waals surface area contributed by atoms with E-state index in [4.69, 9.17) is 18.5 Å². The molecule has 0 bridgehead atoms. The minimum absolute atomic E-state index is 0. The Kier molecular flexibility index (Phi) is 7.75. The summed E-state index contributed by atoms with van der Waals surface area (Å²) in [6, 6.07) is 46.6. The Bertz CT molecular complexity index is 2910. The molecule has 0 amide bonds. The Hall–Kier alpha value is -5.77. The normalized spacial score (nSPS) is 12.8. The van der Waals surface area contributed by atoms with Crippen LogP contribution in [0.4, 0.5) is 0 Å². The summed E-state index contributed by atoms with van der Waals surface area (Å²) in [5.74, 6) is 0.690. The molecular formula is C47H36N3O2Pt-. The molecule has 0 aliphatic carbocycles. The molecule has 0 aliphatic rings. The Morgan fingerprint density at radius 1 is 0.717 bits per heavy atom. The molecule has 3 aromatic heterocycles. The molecule has 9 aromatic rings. The van der Waals surface area contributed by atoms with Crippen molar-refractivity contribution in [2.45, 2.75) is 33.0 Å². The molecule has 5 nitrogen and oxygen atoms in total. The van der Waals surface area contributed by atoms with Crippen LogP contribution in [0, 0.1) is 12.9 Å². The molecule has 0 fully saturated rings. The van der Waals surface area contributed by atoms with Gasteiger partial charge in [-0.2, -0.15) is 0 Å². The third kappa shape index (κ3) is 6.15. The molecule has 0 radical (unpaired) electrons. The van der Waals surface area contributed by atoms with Crippen molar-refractivity contribution in [2.24, 2.45) is 0 Å². The molecule has 0 atom stereocenters. The standard InChI is InChI=1S/C47H36N3O2.Pt/c1-29-17-19-30(20-18-29)31-21-22-48-40(26-31)33-23-32(24-34(25-33)47(2,3)4)36-14-10-15-41-45(36)49-46(50(41)35-11-6-5-7-12-35)39-28-44-38(27-42(39)51)37-13-8-9-16-43(37)52-44;/h5-22,24-28,51H,1-4H3;/q-1;/i1D3;. The van der Waals surface area contributed by atoms with Gasteiger partial charge in [0.1, 0.15) is 22.7 Å². The van der Waals surface area contributed by atoms with Gasteiger partial charge in [-0.1, -0.05) is 116 Å². The summed E-state index contributed by atoms with van der Waals surface area (Å²) in [6.07, 6.45) is 1.78. The molecule has 0 saturated heterocycles. The van der Waals surface area contributed by atoms with Crippen molar-refractivity contribution in [3.8, 4) is 56.3 Å². The van der Waals surface area contributed by atoms with Crippen LogP contribution in [0.1, 0.15) is 36.0 Å². The first-order valence-corrected chi connectivity index (χ1v) is 17.3. The molecular weight excluding hydrogens is 834 g/mol. The van der Waals surface area contributed by atoms with Gasteiger partial charge in [0.2, 0.25) is 0 Å². The summed E-state index contributed by atoms with van der Waals surface area (Å²) in [7, 11) is 0. The van der Waals surface area contributed by atoms with E-state index in [1.54, 1.807) is 24.4 Å². The number of benzene rings is 6. The van der Waals surface area contributed by atoms with Crippen LogP contribution in [-0.4, -0.2) is 19.6 Å². The van der Waals surface area contributed by atoms with E-state index in [1.807, 2.05) is 91.0 Å². The Balaban J connectivity index is 0.00000441. The fourth-order valence-corrected chi connectivity index (χ4v) is 6.98. The van der Waals surface area contributed by atoms with Crippen LogP contribution in [-0.2, 0) is 26.5 Å². The predicted molar refractivity (Wildman–Crippen MR) is 212 cm³/mol. The predicted octanol–water partition coefficient (Wildman–Crippen LogP) is 12.1. The molecule has 0 unspecified atom stereocenters. The fraction of sp³-hybridized carbons (Fsp3) is 0.106. The van der Waals surface area contributed by atoms with Crippen LogP contribution in [0.5, 0.6) is 5.75 Å². The van der Waals surface area contributed by atoms with Crippen molar-refractivity contribution in [1.82, 2.24) is 14.5 Å². The average Bonchev–Trinajstić information content (AvgIpc) is 3.75. The molecule has 0 spiro atoms. The summed E-state index contributed by atoms with van der Waals surface area (Å²) in [5, 5.41) is 13.4. The first-order chi connectivity index (χ1) is 26.4. The fourth-order valence-electron chi connectivity index (χ4n) is 6.98. The van der Waals surface area contributed by atoms with E-state index in [9.17, 15) is 5.11 Å². The van der Waals surface area contributed by atoms with E-state index in [-0.39, 0.29) is 32.2 Å². The van der Waals surface area contributed by atoms with E-state index in [2.05, 4.69) is 55.7 Å². The summed E-state index contributed by atoms with van der Waals surface area (Å²) in [6.45, 7) is 4.40. The summed E-state index contributed by atoms with van der Waals surface area (Å²) >= 11 is 0. The summed E-state index contributed by atoms with van der Waals surface area (Å²) in [5.41, 5.74) is 10.9. The number of para-hydroxylation sites is 3. The first kappa shape index (κ1) is 30.8. The van der Waals surface area contributed by atoms with E-state index in [0.29, 0.717) is 22.5 Å². The SMILES string of the molecule is [2H]C([2H])([2H])c1ccc(-c2ccnc(-c3[c-]c(-c4cccc5c4nc(-c4cc6oc7ccccc7c6cc4O)n5-c4ccccc4)cc(C(C)(C)C)c3)c2)cc1.[Pt]. The van der Waals surface area contributed by atoms with Crippen molar-refractivity contribution < 1.29 is 34.7 Å². The average molecular weight is 873 g/mol.